The Balaban J connectivity index is 1.71. The maximum absolute atomic E-state index is 13.2. The summed E-state index contributed by atoms with van der Waals surface area (Å²) in [5.74, 6) is 1.23. The van der Waals surface area contributed by atoms with Crippen molar-refractivity contribution < 1.29 is 27.4 Å². The molecule has 1 heterocycles. The summed E-state index contributed by atoms with van der Waals surface area (Å²) in [6.07, 6.45) is 0. The average Bonchev–Trinajstić information content (AvgIpc) is 2.91. The van der Waals surface area contributed by atoms with E-state index in [2.05, 4.69) is 4.72 Å². The fraction of sp³-hybridized carbons (Fsp3) is 0.174. The van der Waals surface area contributed by atoms with E-state index in [0.29, 0.717) is 29.5 Å². The van der Waals surface area contributed by atoms with Gasteiger partial charge in [0, 0.05) is 18.3 Å². The number of nitrogens with one attached hydrogen (secondary N) is 1. The number of benzene rings is 3. The van der Waals surface area contributed by atoms with Crippen molar-refractivity contribution in [1.29, 1.82) is 0 Å². The van der Waals surface area contributed by atoms with Crippen molar-refractivity contribution in [2.75, 3.05) is 30.4 Å². The molecule has 1 aliphatic rings. The Morgan fingerprint density at radius 3 is 2.47 bits per heavy atom. The molecule has 0 saturated heterocycles. The fourth-order valence-corrected chi connectivity index (χ4v) is 4.71. The Hall–Kier alpha value is -3.72. The topological polar surface area (TPSA) is 94.2 Å². The second-order valence-corrected chi connectivity index (χ2v) is 8.60. The standard InChI is InChI=1S/C23H22N2O6S/c1-4-25-18-7-5-6-8-20(18)31-19-11-9-15(13-17(19)23(25)26)24-32(27,28)22-12-10-16(29-2)14-21(22)30-3/h5-14,24H,4H2,1-3H3. The molecule has 0 fully saturated rings. The second kappa shape index (κ2) is 8.43. The van der Waals surface area contributed by atoms with E-state index in [1.165, 1.54) is 38.5 Å². The normalized spacial score (nSPS) is 12.8. The summed E-state index contributed by atoms with van der Waals surface area (Å²) >= 11 is 0. The number of methoxy groups -OCH3 is 2. The van der Waals surface area contributed by atoms with Crippen molar-refractivity contribution in [3.63, 3.8) is 0 Å². The van der Waals surface area contributed by atoms with Gasteiger partial charge in [0.2, 0.25) is 0 Å². The lowest BCUT2D eigenvalue weighted by Gasteiger charge is -2.20. The summed E-state index contributed by atoms with van der Waals surface area (Å²) in [5, 5.41) is 0. The Morgan fingerprint density at radius 2 is 1.75 bits per heavy atom. The molecule has 1 N–H and O–H groups in total. The summed E-state index contributed by atoms with van der Waals surface area (Å²) in [6.45, 7) is 2.29. The van der Waals surface area contributed by atoms with Gasteiger partial charge in [0.05, 0.1) is 25.5 Å². The van der Waals surface area contributed by atoms with E-state index in [0.717, 1.165) is 0 Å². The zero-order chi connectivity index (χ0) is 22.9. The van der Waals surface area contributed by atoms with Gasteiger partial charge in [-0.2, -0.15) is 0 Å². The van der Waals surface area contributed by atoms with Crippen LogP contribution < -0.4 is 23.8 Å². The molecule has 0 unspecified atom stereocenters. The smallest absolute Gasteiger partial charge is 0.265 e. The molecule has 9 heteroatoms. The van der Waals surface area contributed by atoms with Crippen molar-refractivity contribution in [3.8, 4) is 23.0 Å². The summed E-state index contributed by atoms with van der Waals surface area (Å²) in [6, 6.07) is 16.3. The van der Waals surface area contributed by atoms with Crippen LogP contribution in [0.1, 0.15) is 17.3 Å². The van der Waals surface area contributed by atoms with E-state index < -0.39 is 10.0 Å². The highest BCUT2D eigenvalue weighted by atomic mass is 32.2. The van der Waals surface area contributed by atoms with Crippen molar-refractivity contribution >= 4 is 27.3 Å². The summed E-state index contributed by atoms with van der Waals surface area (Å²) < 4.78 is 44.9. The van der Waals surface area contributed by atoms with Crippen LogP contribution in [-0.2, 0) is 10.0 Å². The van der Waals surface area contributed by atoms with Gasteiger partial charge in [-0.3, -0.25) is 9.52 Å². The van der Waals surface area contributed by atoms with E-state index in [1.54, 1.807) is 23.1 Å². The van der Waals surface area contributed by atoms with Gasteiger partial charge in [-0.15, -0.1) is 0 Å². The molecular formula is C23H22N2O6S. The van der Waals surface area contributed by atoms with Crippen LogP contribution >= 0.6 is 0 Å². The molecule has 3 aromatic carbocycles. The SMILES string of the molecule is CCN1C(=O)c2cc(NS(=O)(=O)c3ccc(OC)cc3OC)ccc2Oc2ccccc21. The Bertz CT molecular complexity index is 1290. The number of hydrogen-bond acceptors (Lipinski definition) is 6. The van der Waals surface area contributed by atoms with Gasteiger partial charge in [-0.05, 0) is 49.4 Å². The Kier molecular flexibility index (Phi) is 5.67. The van der Waals surface area contributed by atoms with Gasteiger partial charge in [-0.1, -0.05) is 12.1 Å². The zero-order valence-electron chi connectivity index (χ0n) is 17.8. The first-order valence-electron chi connectivity index (χ1n) is 9.85. The molecule has 32 heavy (non-hydrogen) atoms. The van der Waals surface area contributed by atoms with Gasteiger partial charge in [0.25, 0.3) is 15.9 Å². The maximum atomic E-state index is 13.2. The first kappa shape index (κ1) is 21.5. The number of para-hydroxylation sites is 2. The first-order chi connectivity index (χ1) is 15.4. The monoisotopic (exact) mass is 454 g/mol. The highest BCUT2D eigenvalue weighted by Gasteiger charge is 2.28. The Morgan fingerprint density at radius 1 is 0.969 bits per heavy atom. The number of sulfonamides is 1. The molecule has 0 saturated carbocycles. The minimum Gasteiger partial charge on any atom is -0.497 e. The van der Waals surface area contributed by atoms with Gasteiger partial charge < -0.3 is 19.1 Å². The highest BCUT2D eigenvalue weighted by Crippen LogP contribution is 2.40. The molecule has 0 aromatic heterocycles. The quantitative estimate of drug-likeness (QED) is 0.598. The van der Waals surface area contributed by atoms with Crippen LogP contribution in [0.15, 0.2) is 65.6 Å². The lowest BCUT2D eigenvalue weighted by atomic mass is 10.1. The predicted molar refractivity (Wildman–Crippen MR) is 121 cm³/mol. The molecule has 166 valence electrons. The number of rotatable bonds is 6. The van der Waals surface area contributed by atoms with Crippen molar-refractivity contribution in [1.82, 2.24) is 0 Å². The van der Waals surface area contributed by atoms with Gasteiger partial charge in [0.15, 0.2) is 5.75 Å². The third kappa shape index (κ3) is 3.82. The molecule has 3 aromatic rings. The van der Waals surface area contributed by atoms with Crippen LogP contribution in [0.2, 0.25) is 0 Å². The number of hydrogen-bond donors (Lipinski definition) is 1. The van der Waals surface area contributed by atoms with Crippen LogP contribution in [0, 0.1) is 0 Å². The van der Waals surface area contributed by atoms with E-state index in [4.69, 9.17) is 14.2 Å². The van der Waals surface area contributed by atoms with Crippen LogP contribution in [0.4, 0.5) is 11.4 Å². The first-order valence-corrected chi connectivity index (χ1v) is 11.3. The minimum atomic E-state index is -4.00. The zero-order valence-corrected chi connectivity index (χ0v) is 18.6. The van der Waals surface area contributed by atoms with Crippen molar-refractivity contribution in [3.05, 3.63) is 66.2 Å². The third-order valence-electron chi connectivity index (χ3n) is 5.06. The van der Waals surface area contributed by atoms with E-state index in [9.17, 15) is 13.2 Å². The molecule has 0 bridgehead atoms. The number of carbonyl (C=O) groups is 1. The molecule has 0 aliphatic carbocycles. The van der Waals surface area contributed by atoms with E-state index >= 15 is 0 Å². The number of nitrogens with zero attached hydrogens (tertiary/aromatic N) is 1. The summed E-state index contributed by atoms with van der Waals surface area (Å²) in [7, 11) is -1.15. The molecule has 0 atom stereocenters. The third-order valence-corrected chi connectivity index (χ3v) is 6.48. The number of carbonyl (C=O) groups excluding carboxylic acids is 1. The lowest BCUT2D eigenvalue weighted by molar-refractivity contribution is 0.0988. The minimum absolute atomic E-state index is 0.0547. The van der Waals surface area contributed by atoms with Gasteiger partial charge >= 0.3 is 0 Å². The molecule has 1 aliphatic heterocycles. The fourth-order valence-electron chi connectivity index (χ4n) is 3.51. The second-order valence-electron chi connectivity index (χ2n) is 6.95. The highest BCUT2D eigenvalue weighted by molar-refractivity contribution is 7.92. The largest absolute Gasteiger partial charge is 0.497 e. The van der Waals surface area contributed by atoms with Gasteiger partial charge in [-0.25, -0.2) is 8.42 Å². The van der Waals surface area contributed by atoms with Crippen LogP contribution in [0.3, 0.4) is 0 Å². The molecule has 8 nitrogen and oxygen atoms in total. The van der Waals surface area contributed by atoms with Crippen LogP contribution in [0.5, 0.6) is 23.0 Å². The number of ether oxygens (including phenoxy) is 3. The maximum Gasteiger partial charge on any atom is 0.265 e. The average molecular weight is 455 g/mol. The van der Waals surface area contributed by atoms with E-state index in [1.807, 2.05) is 25.1 Å². The molecule has 4 rings (SSSR count). The molecule has 1 amide bonds. The lowest BCUT2D eigenvalue weighted by Crippen LogP contribution is -2.29. The molecular weight excluding hydrogens is 432 g/mol. The van der Waals surface area contributed by atoms with Gasteiger partial charge in [0.1, 0.15) is 22.1 Å². The summed E-state index contributed by atoms with van der Waals surface area (Å²) in [4.78, 5) is 14.8. The van der Waals surface area contributed by atoms with E-state index in [-0.39, 0.29) is 27.8 Å². The van der Waals surface area contributed by atoms with Crippen molar-refractivity contribution in [2.45, 2.75) is 11.8 Å². The molecule has 0 radical (unpaired) electrons. The van der Waals surface area contributed by atoms with Crippen LogP contribution in [-0.4, -0.2) is 35.1 Å². The number of anilines is 2. The number of amides is 1. The summed E-state index contributed by atoms with van der Waals surface area (Å²) in [5.41, 5.74) is 1.13. The Labute approximate surface area is 186 Å². The van der Waals surface area contributed by atoms with Crippen LogP contribution in [0.25, 0.3) is 0 Å². The van der Waals surface area contributed by atoms with Crippen molar-refractivity contribution in [2.24, 2.45) is 0 Å². The predicted octanol–water partition coefficient (Wildman–Crippen LogP) is 4.28. The number of fused-ring (bicyclic) bond motifs is 2. The molecule has 0 spiro atoms.